The lowest BCUT2D eigenvalue weighted by atomic mass is 9.92. The van der Waals surface area contributed by atoms with E-state index in [4.69, 9.17) is 4.74 Å². The Hall–Kier alpha value is -2.94. The first kappa shape index (κ1) is 32.5. The Bertz CT molecular complexity index is 1250. The van der Waals surface area contributed by atoms with E-state index >= 15 is 0 Å². The van der Waals surface area contributed by atoms with E-state index in [-0.39, 0.29) is 23.7 Å². The highest BCUT2D eigenvalue weighted by atomic mass is 16.5. The van der Waals surface area contributed by atoms with Crippen molar-refractivity contribution in [1.82, 2.24) is 19.6 Å². The number of ether oxygens (including phenoxy) is 1. The lowest BCUT2D eigenvalue weighted by Crippen LogP contribution is -2.57. The Labute approximate surface area is 263 Å². The van der Waals surface area contributed by atoms with Crippen LogP contribution in [0.25, 0.3) is 0 Å². The molecule has 0 radical (unpaired) electrons. The van der Waals surface area contributed by atoms with E-state index in [1.165, 1.54) is 19.4 Å². The largest absolute Gasteiger partial charge is 0.508 e. The number of hydrogen-bond donors (Lipinski definition) is 1. The number of amides is 1. The van der Waals surface area contributed by atoms with Gasteiger partial charge in [-0.15, -0.1) is 0 Å². The summed E-state index contributed by atoms with van der Waals surface area (Å²) in [6, 6.07) is 16.5. The number of rotatable bonds is 12. The summed E-state index contributed by atoms with van der Waals surface area (Å²) in [5.41, 5.74) is 2.87. The molecule has 2 heterocycles. The minimum Gasteiger partial charge on any atom is -0.508 e. The maximum atomic E-state index is 13.9. The fraction of sp³-hybridized carbons (Fsp3) is 0.611. The van der Waals surface area contributed by atoms with Crippen molar-refractivity contribution in [3.8, 4) is 5.75 Å². The molecule has 1 amide bonds. The van der Waals surface area contributed by atoms with Gasteiger partial charge in [0.25, 0.3) is 5.91 Å². The number of phenols is 1. The van der Waals surface area contributed by atoms with Crippen molar-refractivity contribution in [3.05, 3.63) is 65.2 Å². The van der Waals surface area contributed by atoms with Gasteiger partial charge >= 0.3 is 5.97 Å². The molecule has 2 saturated heterocycles. The number of unbranched alkanes of at least 4 members (excludes halogenated alkanes) is 1. The molecule has 44 heavy (non-hydrogen) atoms. The van der Waals surface area contributed by atoms with Gasteiger partial charge < -0.3 is 19.6 Å². The average Bonchev–Trinajstić information content (AvgIpc) is 3.85. The zero-order valence-electron chi connectivity index (χ0n) is 27.0. The number of aromatic hydroxyl groups is 1. The zero-order chi connectivity index (χ0) is 31.1. The predicted molar refractivity (Wildman–Crippen MR) is 174 cm³/mol. The van der Waals surface area contributed by atoms with Crippen LogP contribution < -0.4 is 0 Å². The van der Waals surface area contributed by atoms with Crippen LogP contribution in [0.1, 0.15) is 86.8 Å². The number of esters is 1. The van der Waals surface area contributed by atoms with E-state index in [0.29, 0.717) is 31.7 Å². The Morgan fingerprint density at radius 3 is 2.45 bits per heavy atom. The molecule has 2 aromatic rings. The molecule has 2 aliphatic heterocycles. The van der Waals surface area contributed by atoms with Crippen LogP contribution in [0.2, 0.25) is 0 Å². The Kier molecular flexibility index (Phi) is 11.3. The van der Waals surface area contributed by atoms with Gasteiger partial charge in [0.1, 0.15) is 5.75 Å². The summed E-state index contributed by atoms with van der Waals surface area (Å²) in [6.45, 7) is 14.3. The molecule has 240 valence electrons. The van der Waals surface area contributed by atoms with Crippen LogP contribution in [-0.4, -0.2) is 108 Å². The van der Waals surface area contributed by atoms with Crippen LogP contribution in [-0.2, 0) is 9.53 Å². The predicted octanol–water partition coefficient (Wildman–Crippen LogP) is 5.17. The highest BCUT2D eigenvalue weighted by Crippen LogP contribution is 2.37. The fourth-order valence-corrected chi connectivity index (χ4v) is 7.00. The Balaban J connectivity index is 1.27. The molecule has 1 N–H and O–H groups in total. The Morgan fingerprint density at radius 1 is 0.932 bits per heavy atom. The van der Waals surface area contributed by atoms with E-state index in [1.807, 2.05) is 36.1 Å². The van der Waals surface area contributed by atoms with E-state index < -0.39 is 0 Å². The number of hydrogen-bond acceptors (Lipinski definition) is 7. The molecular weight excluding hydrogens is 552 g/mol. The zero-order valence-corrected chi connectivity index (χ0v) is 27.0. The Morgan fingerprint density at radius 2 is 1.70 bits per heavy atom. The smallest absolute Gasteiger partial charge is 0.305 e. The molecule has 8 heteroatoms. The van der Waals surface area contributed by atoms with E-state index in [9.17, 15) is 14.7 Å². The highest BCUT2D eigenvalue weighted by molar-refractivity contribution is 5.94. The number of nitrogens with zero attached hydrogens (tertiary/aromatic N) is 4. The van der Waals surface area contributed by atoms with Crippen LogP contribution in [0.3, 0.4) is 0 Å². The SMILES string of the molecule is CCOC(=O)CCCCN1CCCN(C(=O)c2cccc(C(c3cccc(O)c3)N3C[C@@H](C)N(CC4CC4)C[C@@H]3C)c2)CC1. The van der Waals surface area contributed by atoms with Crippen LogP contribution in [0.4, 0.5) is 0 Å². The van der Waals surface area contributed by atoms with Crippen molar-refractivity contribution in [2.24, 2.45) is 5.92 Å². The van der Waals surface area contributed by atoms with Gasteiger partial charge in [0, 0.05) is 63.3 Å². The summed E-state index contributed by atoms with van der Waals surface area (Å²) in [7, 11) is 0. The molecule has 0 bridgehead atoms. The molecule has 8 nitrogen and oxygen atoms in total. The first-order valence-corrected chi connectivity index (χ1v) is 16.9. The second kappa shape index (κ2) is 15.4. The van der Waals surface area contributed by atoms with Crippen LogP contribution in [0, 0.1) is 5.92 Å². The number of carbonyl (C=O) groups excluding carboxylic acids is 2. The summed E-state index contributed by atoms with van der Waals surface area (Å²) >= 11 is 0. The van der Waals surface area contributed by atoms with Crippen LogP contribution in [0.5, 0.6) is 5.75 Å². The van der Waals surface area contributed by atoms with Crippen molar-refractivity contribution in [1.29, 1.82) is 0 Å². The third kappa shape index (κ3) is 8.61. The minimum absolute atomic E-state index is 0.0513. The monoisotopic (exact) mass is 604 g/mol. The summed E-state index contributed by atoms with van der Waals surface area (Å²) in [6.07, 6.45) is 5.92. The van der Waals surface area contributed by atoms with E-state index in [0.717, 1.165) is 81.1 Å². The number of phenolic OH excluding ortho intramolecular Hbond substituents is 1. The molecule has 1 unspecified atom stereocenters. The first-order chi connectivity index (χ1) is 21.3. The third-order valence-corrected chi connectivity index (χ3v) is 9.61. The quantitative estimate of drug-likeness (QED) is 0.265. The van der Waals surface area contributed by atoms with Gasteiger partial charge in [-0.2, -0.15) is 0 Å². The molecular formula is C36H52N4O4. The van der Waals surface area contributed by atoms with Gasteiger partial charge in [0.05, 0.1) is 12.6 Å². The normalized spacial score (nSPS) is 22.8. The second-order valence-electron chi connectivity index (χ2n) is 13.2. The lowest BCUT2D eigenvalue weighted by Gasteiger charge is -2.48. The van der Waals surface area contributed by atoms with Crippen molar-refractivity contribution in [2.75, 3.05) is 59.0 Å². The molecule has 3 aliphatic rings. The van der Waals surface area contributed by atoms with Gasteiger partial charge in [0.15, 0.2) is 0 Å². The summed E-state index contributed by atoms with van der Waals surface area (Å²) in [5.74, 6) is 1.10. The van der Waals surface area contributed by atoms with Gasteiger partial charge in [-0.05, 0) is 107 Å². The maximum absolute atomic E-state index is 13.9. The van der Waals surface area contributed by atoms with E-state index in [1.54, 1.807) is 6.07 Å². The van der Waals surface area contributed by atoms with Gasteiger partial charge in [-0.3, -0.25) is 19.4 Å². The van der Waals surface area contributed by atoms with Crippen molar-refractivity contribution in [2.45, 2.75) is 77.4 Å². The van der Waals surface area contributed by atoms with E-state index in [2.05, 4.69) is 46.7 Å². The molecule has 2 aromatic carbocycles. The third-order valence-electron chi connectivity index (χ3n) is 9.61. The molecule has 3 fully saturated rings. The number of benzene rings is 2. The number of carbonyl (C=O) groups is 2. The summed E-state index contributed by atoms with van der Waals surface area (Å²) in [5, 5.41) is 10.4. The minimum atomic E-state index is -0.117. The second-order valence-corrected chi connectivity index (χ2v) is 13.2. The van der Waals surface area contributed by atoms with Crippen LogP contribution in [0.15, 0.2) is 48.5 Å². The van der Waals surface area contributed by atoms with Gasteiger partial charge in [-0.25, -0.2) is 0 Å². The maximum Gasteiger partial charge on any atom is 0.305 e. The molecule has 0 spiro atoms. The summed E-state index contributed by atoms with van der Waals surface area (Å²) in [4.78, 5) is 35.1. The molecule has 5 rings (SSSR count). The van der Waals surface area contributed by atoms with Gasteiger partial charge in [0.2, 0.25) is 0 Å². The molecule has 1 saturated carbocycles. The van der Waals surface area contributed by atoms with Crippen molar-refractivity contribution >= 4 is 11.9 Å². The lowest BCUT2D eigenvalue weighted by molar-refractivity contribution is -0.143. The van der Waals surface area contributed by atoms with Gasteiger partial charge in [-0.1, -0.05) is 24.3 Å². The molecule has 1 aliphatic carbocycles. The fourth-order valence-electron chi connectivity index (χ4n) is 7.00. The summed E-state index contributed by atoms with van der Waals surface area (Å²) < 4.78 is 5.04. The number of piperazine rings is 1. The van der Waals surface area contributed by atoms with Crippen molar-refractivity contribution < 1.29 is 19.4 Å². The average molecular weight is 605 g/mol. The topological polar surface area (TPSA) is 76.6 Å². The first-order valence-electron chi connectivity index (χ1n) is 16.9. The molecule has 0 aromatic heterocycles. The van der Waals surface area contributed by atoms with Crippen LogP contribution >= 0.6 is 0 Å². The molecule has 3 atom stereocenters. The highest BCUT2D eigenvalue weighted by Gasteiger charge is 2.37. The van der Waals surface area contributed by atoms with Crippen molar-refractivity contribution in [3.63, 3.8) is 0 Å². The standard InChI is InChI=1S/C36H52N4O4/c1-4-44-34(42)14-5-6-17-37-18-9-19-38(21-20-37)36(43)32-12-7-10-30(22-32)35(31-11-8-13-33(41)23-31)40-25-27(2)39(24-28(40)3)26-29-15-16-29/h7-8,10-13,22-23,27-29,35,41H,4-6,9,14-21,24-26H2,1-3H3/t27-,28+,35?/m1/s1.